The second-order valence-electron chi connectivity index (χ2n) is 3.76. The van der Waals surface area contributed by atoms with Crippen LogP contribution in [0.15, 0.2) is 18.2 Å². The molecule has 0 bridgehead atoms. The Bertz CT molecular complexity index is 333. The van der Waals surface area contributed by atoms with Gasteiger partial charge in [0.15, 0.2) is 0 Å². The minimum atomic E-state index is -0.349. The Labute approximate surface area is 106 Å². The van der Waals surface area contributed by atoms with Gasteiger partial charge in [0, 0.05) is 11.8 Å². The normalized spacial score (nSPS) is 12.8. The van der Waals surface area contributed by atoms with Crippen molar-refractivity contribution in [1.29, 1.82) is 0 Å². The van der Waals surface area contributed by atoms with E-state index >= 15 is 0 Å². The van der Waals surface area contributed by atoms with Crippen molar-refractivity contribution in [2.45, 2.75) is 25.1 Å². The highest BCUT2D eigenvalue weighted by atomic mass is 35.5. The van der Waals surface area contributed by atoms with Crippen molar-refractivity contribution in [3.63, 3.8) is 0 Å². The van der Waals surface area contributed by atoms with E-state index in [-0.39, 0.29) is 10.8 Å². The Kier molecular flexibility index (Phi) is 6.17. The number of halogens is 2. The quantitative estimate of drug-likeness (QED) is 0.784. The Balaban J connectivity index is 2.29. The van der Waals surface area contributed by atoms with Crippen LogP contribution in [-0.2, 0) is 6.54 Å². The summed E-state index contributed by atoms with van der Waals surface area (Å²) in [6, 6.07) is 4.92. The third-order valence-electron chi connectivity index (χ3n) is 2.44. The SMILES string of the molecule is CSC(C)CCNCc1ccc(Cl)c(F)c1. The Hall–Kier alpha value is -0.250. The average Bonchev–Trinajstić information content (AvgIpc) is 2.28. The summed E-state index contributed by atoms with van der Waals surface area (Å²) in [6.45, 7) is 3.84. The predicted molar refractivity (Wildman–Crippen MR) is 70.7 cm³/mol. The molecule has 16 heavy (non-hydrogen) atoms. The van der Waals surface area contributed by atoms with Crippen LogP contribution in [0.2, 0.25) is 5.02 Å². The Morgan fingerprint density at radius 2 is 2.25 bits per heavy atom. The molecule has 0 amide bonds. The van der Waals surface area contributed by atoms with Gasteiger partial charge in [-0.3, -0.25) is 0 Å². The highest BCUT2D eigenvalue weighted by molar-refractivity contribution is 7.99. The topological polar surface area (TPSA) is 12.0 Å². The largest absolute Gasteiger partial charge is 0.313 e. The lowest BCUT2D eigenvalue weighted by atomic mass is 10.2. The summed E-state index contributed by atoms with van der Waals surface area (Å²) in [5.74, 6) is -0.349. The van der Waals surface area contributed by atoms with Gasteiger partial charge in [-0.15, -0.1) is 0 Å². The molecule has 90 valence electrons. The molecule has 1 atom stereocenters. The molecule has 0 radical (unpaired) electrons. The maximum atomic E-state index is 13.1. The molecule has 0 spiro atoms. The van der Waals surface area contributed by atoms with Crippen LogP contribution in [0.25, 0.3) is 0 Å². The first kappa shape index (κ1) is 13.8. The second-order valence-corrected chi connectivity index (χ2v) is 5.44. The third-order valence-corrected chi connectivity index (χ3v) is 3.79. The van der Waals surface area contributed by atoms with E-state index in [4.69, 9.17) is 11.6 Å². The molecule has 0 aliphatic carbocycles. The Morgan fingerprint density at radius 3 is 2.88 bits per heavy atom. The molecule has 0 heterocycles. The maximum absolute atomic E-state index is 13.1. The summed E-state index contributed by atoms with van der Waals surface area (Å²) in [7, 11) is 0. The van der Waals surface area contributed by atoms with Crippen LogP contribution >= 0.6 is 23.4 Å². The third kappa shape index (κ3) is 4.73. The van der Waals surface area contributed by atoms with Crippen LogP contribution in [0.5, 0.6) is 0 Å². The fourth-order valence-electron chi connectivity index (χ4n) is 1.31. The molecule has 1 rings (SSSR count). The van der Waals surface area contributed by atoms with E-state index in [1.54, 1.807) is 6.07 Å². The summed E-state index contributed by atoms with van der Waals surface area (Å²) in [5, 5.41) is 4.13. The Morgan fingerprint density at radius 1 is 1.50 bits per heavy atom. The second kappa shape index (κ2) is 7.15. The number of rotatable bonds is 6. The van der Waals surface area contributed by atoms with E-state index in [9.17, 15) is 4.39 Å². The maximum Gasteiger partial charge on any atom is 0.142 e. The van der Waals surface area contributed by atoms with E-state index in [1.165, 1.54) is 6.07 Å². The smallest absolute Gasteiger partial charge is 0.142 e. The lowest BCUT2D eigenvalue weighted by molar-refractivity contribution is 0.616. The fourth-order valence-corrected chi connectivity index (χ4v) is 1.78. The van der Waals surface area contributed by atoms with Gasteiger partial charge in [-0.25, -0.2) is 4.39 Å². The van der Waals surface area contributed by atoms with Gasteiger partial charge in [-0.1, -0.05) is 24.6 Å². The van der Waals surface area contributed by atoms with Crippen LogP contribution in [-0.4, -0.2) is 18.1 Å². The molecule has 0 aliphatic heterocycles. The first-order valence-corrected chi connectivity index (χ1v) is 6.97. The molecule has 0 saturated carbocycles. The molecule has 1 unspecified atom stereocenters. The number of hydrogen-bond acceptors (Lipinski definition) is 2. The minimum absolute atomic E-state index is 0.180. The first-order chi connectivity index (χ1) is 7.63. The highest BCUT2D eigenvalue weighted by Gasteiger charge is 2.01. The van der Waals surface area contributed by atoms with Crippen LogP contribution in [0.1, 0.15) is 18.9 Å². The van der Waals surface area contributed by atoms with Crippen molar-refractivity contribution in [2.75, 3.05) is 12.8 Å². The zero-order valence-corrected chi connectivity index (χ0v) is 11.2. The lowest BCUT2D eigenvalue weighted by Gasteiger charge is -2.09. The van der Waals surface area contributed by atoms with Crippen LogP contribution in [0.4, 0.5) is 4.39 Å². The van der Waals surface area contributed by atoms with E-state index in [1.807, 2.05) is 17.8 Å². The van der Waals surface area contributed by atoms with Crippen LogP contribution < -0.4 is 5.32 Å². The van der Waals surface area contributed by atoms with Crippen molar-refractivity contribution in [3.05, 3.63) is 34.6 Å². The zero-order chi connectivity index (χ0) is 12.0. The van der Waals surface area contributed by atoms with Crippen LogP contribution in [0, 0.1) is 5.82 Å². The molecule has 0 aromatic heterocycles. The molecule has 0 aliphatic rings. The monoisotopic (exact) mass is 261 g/mol. The van der Waals surface area contributed by atoms with Crippen molar-refractivity contribution in [1.82, 2.24) is 5.32 Å². The summed E-state index contributed by atoms with van der Waals surface area (Å²) in [6.07, 6.45) is 3.23. The van der Waals surface area contributed by atoms with Crippen molar-refractivity contribution >= 4 is 23.4 Å². The standard InChI is InChI=1S/C12H17ClFNS/c1-9(16-2)5-6-15-8-10-3-4-11(13)12(14)7-10/h3-4,7,9,15H,5-6,8H2,1-2H3. The number of thioether (sulfide) groups is 1. The molecule has 1 aromatic carbocycles. The zero-order valence-electron chi connectivity index (χ0n) is 9.59. The van der Waals surface area contributed by atoms with Gasteiger partial charge >= 0.3 is 0 Å². The number of nitrogens with one attached hydrogen (secondary N) is 1. The van der Waals surface area contributed by atoms with Gasteiger partial charge in [-0.05, 0) is 36.9 Å². The first-order valence-electron chi connectivity index (χ1n) is 5.31. The van der Waals surface area contributed by atoms with Gasteiger partial charge in [0.25, 0.3) is 0 Å². The summed E-state index contributed by atoms with van der Waals surface area (Å²) >= 11 is 7.46. The van der Waals surface area contributed by atoms with Crippen molar-refractivity contribution < 1.29 is 4.39 Å². The molecule has 1 aromatic rings. The van der Waals surface area contributed by atoms with Gasteiger partial charge in [0.1, 0.15) is 5.82 Å². The van der Waals surface area contributed by atoms with E-state index in [0.29, 0.717) is 11.8 Å². The fraction of sp³-hybridized carbons (Fsp3) is 0.500. The van der Waals surface area contributed by atoms with E-state index < -0.39 is 0 Å². The lowest BCUT2D eigenvalue weighted by Crippen LogP contribution is -2.17. The van der Waals surface area contributed by atoms with Crippen LogP contribution in [0.3, 0.4) is 0 Å². The van der Waals surface area contributed by atoms with E-state index in [2.05, 4.69) is 18.5 Å². The summed E-state index contributed by atoms with van der Waals surface area (Å²) < 4.78 is 13.1. The average molecular weight is 262 g/mol. The molecular formula is C12H17ClFNS. The van der Waals surface area contributed by atoms with Gasteiger partial charge in [-0.2, -0.15) is 11.8 Å². The summed E-state index contributed by atoms with van der Waals surface area (Å²) in [5.41, 5.74) is 0.929. The predicted octanol–water partition coefficient (Wildman–Crippen LogP) is 3.71. The number of benzene rings is 1. The molecule has 4 heteroatoms. The van der Waals surface area contributed by atoms with Gasteiger partial charge in [0.05, 0.1) is 5.02 Å². The molecule has 1 nitrogen and oxygen atoms in total. The van der Waals surface area contributed by atoms with Crippen molar-refractivity contribution in [3.8, 4) is 0 Å². The minimum Gasteiger partial charge on any atom is -0.313 e. The molecule has 1 N–H and O–H groups in total. The van der Waals surface area contributed by atoms with E-state index in [0.717, 1.165) is 18.5 Å². The molecule has 0 saturated heterocycles. The molecule has 0 fully saturated rings. The van der Waals surface area contributed by atoms with Gasteiger partial charge < -0.3 is 5.32 Å². The number of hydrogen-bond donors (Lipinski definition) is 1. The highest BCUT2D eigenvalue weighted by Crippen LogP contribution is 2.15. The molecular weight excluding hydrogens is 245 g/mol. The van der Waals surface area contributed by atoms with Crippen molar-refractivity contribution in [2.24, 2.45) is 0 Å². The summed E-state index contributed by atoms with van der Waals surface area (Å²) in [4.78, 5) is 0. The van der Waals surface area contributed by atoms with Gasteiger partial charge in [0.2, 0.25) is 0 Å².